The molecular weight excluding hydrogens is 370 g/mol. The molecule has 0 saturated heterocycles. The Morgan fingerprint density at radius 2 is 2.00 bits per heavy atom. The fraction of sp³-hybridized carbons (Fsp3) is 0.286. The quantitative estimate of drug-likeness (QED) is 0.519. The molecule has 0 bridgehead atoms. The average Bonchev–Trinajstić information content (AvgIpc) is 3.32. The molecule has 0 aliphatic heterocycles. The number of likely N-dealkylation sites (N-methyl/N-ethyl adjacent to an activating group) is 1. The van der Waals surface area contributed by atoms with Gasteiger partial charge in [0, 0.05) is 42.6 Å². The molecule has 7 heteroatoms. The van der Waals surface area contributed by atoms with E-state index in [0.29, 0.717) is 13.0 Å². The summed E-state index contributed by atoms with van der Waals surface area (Å²) in [5, 5.41) is 6.71. The van der Waals surface area contributed by atoms with E-state index in [1.165, 1.54) is 5.56 Å². The van der Waals surface area contributed by atoms with Gasteiger partial charge in [-0.2, -0.15) is 5.10 Å². The summed E-state index contributed by atoms with van der Waals surface area (Å²) < 4.78 is 3.93. The first-order valence-corrected chi connectivity index (χ1v) is 10.1. The first kappa shape index (κ1) is 18.4. The summed E-state index contributed by atoms with van der Waals surface area (Å²) in [4.78, 5) is 19.9. The first-order valence-electron chi connectivity index (χ1n) is 9.20. The number of imidazole rings is 1. The number of nitrogens with zero attached hydrogens (tertiary/aromatic N) is 5. The normalized spacial score (nSPS) is 11.3. The molecule has 1 amide bonds. The van der Waals surface area contributed by atoms with Crippen molar-refractivity contribution in [2.45, 2.75) is 33.7 Å². The topological polar surface area (TPSA) is 55.4 Å². The van der Waals surface area contributed by atoms with Gasteiger partial charge >= 0.3 is 0 Å². The maximum atomic E-state index is 12.7. The summed E-state index contributed by atoms with van der Waals surface area (Å²) in [5.41, 5.74) is 6.14. The molecule has 0 aliphatic rings. The molecule has 0 aliphatic carbocycles. The number of aryl methyl sites for hydroxylation is 2. The Morgan fingerprint density at radius 1 is 1.21 bits per heavy atom. The van der Waals surface area contributed by atoms with Gasteiger partial charge in [-0.3, -0.25) is 9.20 Å². The van der Waals surface area contributed by atoms with Crippen molar-refractivity contribution in [3.63, 3.8) is 0 Å². The third-order valence-corrected chi connectivity index (χ3v) is 5.85. The maximum Gasteiger partial charge on any atom is 0.228 e. The van der Waals surface area contributed by atoms with Gasteiger partial charge in [0.15, 0.2) is 4.96 Å². The highest BCUT2D eigenvalue weighted by Gasteiger charge is 2.19. The van der Waals surface area contributed by atoms with Crippen molar-refractivity contribution < 1.29 is 4.79 Å². The van der Waals surface area contributed by atoms with Gasteiger partial charge in [-0.25, -0.2) is 9.67 Å². The van der Waals surface area contributed by atoms with Gasteiger partial charge in [0.25, 0.3) is 0 Å². The standard InChI is InChI=1S/C21H23N5OS/c1-14-7-5-6-8-19(14)26-16(3)18(15(2)23-26)13-24(4)20(27)11-17-12-25-9-10-28-21(25)22-17/h5-10,12H,11,13H2,1-4H3. The van der Waals surface area contributed by atoms with Crippen LogP contribution in [0.15, 0.2) is 42.0 Å². The number of carbonyl (C=O) groups excluding carboxylic acids is 1. The highest BCUT2D eigenvalue weighted by atomic mass is 32.1. The SMILES string of the molecule is Cc1ccccc1-n1nc(C)c(CN(C)C(=O)Cc2cn3ccsc3n2)c1C. The van der Waals surface area contributed by atoms with E-state index in [2.05, 4.69) is 31.0 Å². The summed E-state index contributed by atoms with van der Waals surface area (Å²) in [6.07, 6.45) is 4.18. The van der Waals surface area contributed by atoms with Gasteiger partial charge in [-0.15, -0.1) is 11.3 Å². The van der Waals surface area contributed by atoms with E-state index in [1.54, 1.807) is 16.2 Å². The molecule has 0 fully saturated rings. The molecule has 144 valence electrons. The number of benzene rings is 1. The third kappa shape index (κ3) is 3.33. The lowest BCUT2D eigenvalue weighted by Crippen LogP contribution is -2.28. The Bertz CT molecular complexity index is 1120. The molecule has 0 atom stereocenters. The van der Waals surface area contributed by atoms with Crippen LogP contribution in [0.5, 0.6) is 0 Å². The van der Waals surface area contributed by atoms with Gasteiger partial charge in [-0.05, 0) is 32.4 Å². The Kier molecular flexibility index (Phi) is 4.77. The highest BCUT2D eigenvalue weighted by molar-refractivity contribution is 7.15. The first-order chi connectivity index (χ1) is 13.4. The minimum absolute atomic E-state index is 0.0493. The fourth-order valence-corrected chi connectivity index (χ4v) is 4.13. The maximum absolute atomic E-state index is 12.7. The van der Waals surface area contributed by atoms with E-state index in [-0.39, 0.29) is 5.91 Å². The monoisotopic (exact) mass is 393 g/mol. The van der Waals surface area contributed by atoms with Crippen LogP contribution >= 0.6 is 11.3 Å². The van der Waals surface area contributed by atoms with Crippen LogP contribution in [0.25, 0.3) is 10.6 Å². The van der Waals surface area contributed by atoms with Crippen LogP contribution in [0, 0.1) is 20.8 Å². The number of hydrogen-bond acceptors (Lipinski definition) is 4. The van der Waals surface area contributed by atoms with E-state index >= 15 is 0 Å². The number of carbonyl (C=O) groups is 1. The summed E-state index contributed by atoms with van der Waals surface area (Å²) >= 11 is 1.57. The zero-order valence-corrected chi connectivity index (χ0v) is 17.3. The lowest BCUT2D eigenvalue weighted by Gasteiger charge is -2.17. The predicted molar refractivity (Wildman–Crippen MR) is 111 cm³/mol. The van der Waals surface area contributed by atoms with Crippen molar-refractivity contribution in [2.75, 3.05) is 7.05 Å². The highest BCUT2D eigenvalue weighted by Crippen LogP contribution is 2.21. The van der Waals surface area contributed by atoms with Gasteiger partial charge < -0.3 is 4.90 Å². The van der Waals surface area contributed by atoms with Gasteiger partial charge in [0.2, 0.25) is 5.91 Å². The molecule has 0 radical (unpaired) electrons. The van der Waals surface area contributed by atoms with Gasteiger partial charge in [0.05, 0.1) is 23.5 Å². The van der Waals surface area contributed by atoms with Gasteiger partial charge in [-0.1, -0.05) is 18.2 Å². The molecule has 0 unspecified atom stereocenters. The van der Waals surface area contributed by atoms with Crippen LogP contribution in [0.4, 0.5) is 0 Å². The van der Waals surface area contributed by atoms with Crippen LogP contribution < -0.4 is 0 Å². The number of thiazole rings is 1. The van der Waals surface area contributed by atoms with Gasteiger partial charge in [0.1, 0.15) is 0 Å². The van der Waals surface area contributed by atoms with Crippen molar-refractivity contribution in [3.05, 3.63) is 70.2 Å². The second-order valence-corrected chi connectivity index (χ2v) is 7.97. The summed E-state index contributed by atoms with van der Waals surface area (Å²) in [6, 6.07) is 8.19. The zero-order valence-electron chi connectivity index (χ0n) is 16.5. The molecule has 0 spiro atoms. The van der Waals surface area contributed by atoms with Crippen LogP contribution in [-0.2, 0) is 17.8 Å². The second kappa shape index (κ2) is 7.24. The van der Waals surface area contributed by atoms with Crippen molar-refractivity contribution in [1.29, 1.82) is 0 Å². The molecular formula is C21H23N5OS. The number of rotatable bonds is 5. The summed E-state index contributed by atoms with van der Waals surface area (Å²) in [6.45, 7) is 6.67. The Labute approximate surface area is 168 Å². The molecule has 3 heterocycles. The molecule has 4 aromatic rings. The lowest BCUT2D eigenvalue weighted by atomic mass is 10.1. The van der Waals surface area contributed by atoms with E-state index < -0.39 is 0 Å². The van der Waals surface area contributed by atoms with E-state index in [1.807, 2.05) is 53.0 Å². The molecule has 3 aromatic heterocycles. The Balaban J connectivity index is 1.52. The largest absolute Gasteiger partial charge is 0.341 e. The van der Waals surface area contributed by atoms with Crippen molar-refractivity contribution in [2.24, 2.45) is 0 Å². The second-order valence-electron chi connectivity index (χ2n) is 7.10. The van der Waals surface area contributed by atoms with E-state index in [4.69, 9.17) is 5.10 Å². The average molecular weight is 394 g/mol. The van der Waals surface area contributed by atoms with Crippen LogP contribution in [0.1, 0.15) is 28.2 Å². The Hall–Kier alpha value is -2.93. The smallest absolute Gasteiger partial charge is 0.228 e. The van der Waals surface area contributed by atoms with Crippen molar-refractivity contribution in [1.82, 2.24) is 24.1 Å². The number of para-hydroxylation sites is 1. The van der Waals surface area contributed by atoms with E-state index in [9.17, 15) is 4.79 Å². The fourth-order valence-electron chi connectivity index (χ4n) is 3.42. The predicted octanol–water partition coefficient (Wildman–Crippen LogP) is 3.71. The molecule has 0 saturated carbocycles. The summed E-state index contributed by atoms with van der Waals surface area (Å²) in [5.74, 6) is 0.0493. The number of amides is 1. The van der Waals surface area contributed by atoms with Crippen molar-refractivity contribution in [3.8, 4) is 5.69 Å². The molecule has 1 aromatic carbocycles. The molecule has 4 rings (SSSR count). The van der Waals surface area contributed by atoms with E-state index in [0.717, 1.165) is 33.3 Å². The minimum atomic E-state index is 0.0493. The minimum Gasteiger partial charge on any atom is -0.341 e. The third-order valence-electron chi connectivity index (χ3n) is 5.08. The number of fused-ring (bicyclic) bond motifs is 1. The van der Waals surface area contributed by atoms with Crippen LogP contribution in [-0.4, -0.2) is 37.0 Å². The number of aromatic nitrogens is 4. The molecule has 6 nitrogen and oxygen atoms in total. The number of hydrogen-bond donors (Lipinski definition) is 0. The van der Waals surface area contributed by atoms with Crippen molar-refractivity contribution >= 4 is 22.2 Å². The summed E-state index contributed by atoms with van der Waals surface area (Å²) in [7, 11) is 1.84. The van der Waals surface area contributed by atoms with Crippen LogP contribution in [0.3, 0.4) is 0 Å². The lowest BCUT2D eigenvalue weighted by molar-refractivity contribution is -0.129. The molecule has 28 heavy (non-hydrogen) atoms. The zero-order chi connectivity index (χ0) is 19.8. The van der Waals surface area contributed by atoms with Crippen LogP contribution in [0.2, 0.25) is 0 Å². The Morgan fingerprint density at radius 3 is 2.75 bits per heavy atom. The molecule has 0 N–H and O–H groups in total.